The highest BCUT2D eigenvalue weighted by Crippen LogP contribution is 2.40. The Kier molecular flexibility index (Phi) is 7.18. The van der Waals surface area contributed by atoms with Gasteiger partial charge < -0.3 is 10.1 Å². The molecular weight excluding hydrogens is 469 g/mol. The summed E-state index contributed by atoms with van der Waals surface area (Å²) in [4.78, 5) is 26.0. The molecule has 30 heavy (non-hydrogen) atoms. The SMILES string of the molecule is CCOC(=O)c1c(NC(=O)/C=C/c2cccc(F)c2)sc(C)c1-c1ccc(Br)cc1. The molecule has 0 unspecified atom stereocenters. The number of rotatable bonds is 6. The molecule has 0 saturated carbocycles. The van der Waals surface area contributed by atoms with Crippen LogP contribution in [0, 0.1) is 12.7 Å². The molecule has 3 rings (SSSR count). The highest BCUT2D eigenvalue weighted by molar-refractivity contribution is 9.10. The second-order valence-electron chi connectivity index (χ2n) is 6.34. The molecule has 1 N–H and O–H groups in total. The summed E-state index contributed by atoms with van der Waals surface area (Å²) in [6, 6.07) is 13.5. The zero-order chi connectivity index (χ0) is 21.7. The molecule has 154 valence electrons. The lowest BCUT2D eigenvalue weighted by molar-refractivity contribution is -0.111. The monoisotopic (exact) mass is 487 g/mol. The number of benzene rings is 2. The van der Waals surface area contributed by atoms with Crippen LogP contribution in [0.4, 0.5) is 9.39 Å². The van der Waals surface area contributed by atoms with E-state index in [1.54, 1.807) is 19.1 Å². The van der Waals surface area contributed by atoms with Crippen molar-refractivity contribution in [1.82, 2.24) is 0 Å². The van der Waals surface area contributed by atoms with Crippen LogP contribution in [0.2, 0.25) is 0 Å². The molecule has 0 aliphatic rings. The number of carbonyl (C=O) groups is 2. The Bertz CT molecular complexity index is 1110. The van der Waals surface area contributed by atoms with Crippen molar-refractivity contribution in [2.45, 2.75) is 13.8 Å². The van der Waals surface area contributed by atoms with Crippen LogP contribution in [0.5, 0.6) is 0 Å². The van der Waals surface area contributed by atoms with E-state index in [0.29, 0.717) is 16.1 Å². The Labute approximate surface area is 186 Å². The number of hydrogen-bond donors (Lipinski definition) is 1. The number of thiophene rings is 1. The minimum Gasteiger partial charge on any atom is -0.462 e. The largest absolute Gasteiger partial charge is 0.462 e. The van der Waals surface area contributed by atoms with Gasteiger partial charge in [-0.2, -0.15) is 0 Å². The van der Waals surface area contributed by atoms with Crippen molar-refractivity contribution in [1.29, 1.82) is 0 Å². The quantitative estimate of drug-likeness (QED) is 0.320. The van der Waals surface area contributed by atoms with E-state index in [4.69, 9.17) is 4.74 Å². The van der Waals surface area contributed by atoms with Gasteiger partial charge in [-0.3, -0.25) is 4.79 Å². The number of carbonyl (C=O) groups excluding carboxylic acids is 2. The first kappa shape index (κ1) is 21.9. The fraction of sp³-hybridized carbons (Fsp3) is 0.130. The van der Waals surface area contributed by atoms with Gasteiger partial charge in [-0.25, -0.2) is 9.18 Å². The molecule has 0 aliphatic carbocycles. The summed E-state index contributed by atoms with van der Waals surface area (Å²) in [5, 5.41) is 3.18. The highest BCUT2D eigenvalue weighted by atomic mass is 79.9. The van der Waals surface area contributed by atoms with Crippen molar-refractivity contribution in [2.75, 3.05) is 11.9 Å². The summed E-state index contributed by atoms with van der Waals surface area (Å²) in [6.07, 6.45) is 2.82. The van der Waals surface area contributed by atoms with E-state index in [0.717, 1.165) is 20.5 Å². The van der Waals surface area contributed by atoms with Gasteiger partial charge in [0.25, 0.3) is 0 Å². The van der Waals surface area contributed by atoms with E-state index >= 15 is 0 Å². The van der Waals surface area contributed by atoms with Crippen molar-refractivity contribution in [3.8, 4) is 11.1 Å². The fourth-order valence-corrected chi connectivity index (χ4v) is 4.26. The van der Waals surface area contributed by atoms with Crippen LogP contribution >= 0.6 is 27.3 Å². The molecule has 0 bridgehead atoms. The molecule has 1 aromatic heterocycles. The second kappa shape index (κ2) is 9.82. The molecule has 1 amide bonds. The van der Waals surface area contributed by atoms with Crippen LogP contribution in [-0.4, -0.2) is 18.5 Å². The van der Waals surface area contributed by atoms with E-state index in [2.05, 4.69) is 21.2 Å². The molecule has 0 fully saturated rings. The molecule has 4 nitrogen and oxygen atoms in total. The molecule has 0 spiro atoms. The smallest absolute Gasteiger partial charge is 0.341 e. The van der Waals surface area contributed by atoms with Gasteiger partial charge in [-0.1, -0.05) is 40.2 Å². The van der Waals surface area contributed by atoms with Gasteiger partial charge in [0.15, 0.2) is 0 Å². The van der Waals surface area contributed by atoms with Crippen LogP contribution in [-0.2, 0) is 9.53 Å². The standard InChI is InChI=1S/C23H19BrFNO3S/c1-3-29-23(28)21-20(16-8-10-17(24)11-9-16)14(2)30-22(21)26-19(27)12-7-15-5-4-6-18(25)13-15/h4-13H,3H2,1-2H3,(H,26,27)/b12-7+. The topological polar surface area (TPSA) is 55.4 Å². The normalized spacial score (nSPS) is 10.9. The number of nitrogens with one attached hydrogen (secondary N) is 1. The number of amides is 1. The third-order valence-corrected chi connectivity index (χ3v) is 5.76. The van der Waals surface area contributed by atoms with Crippen LogP contribution in [0.15, 0.2) is 59.1 Å². The Hall–Kier alpha value is -2.77. The summed E-state index contributed by atoms with van der Waals surface area (Å²) in [7, 11) is 0. The third kappa shape index (κ3) is 5.23. The lowest BCUT2D eigenvalue weighted by atomic mass is 10.0. The minimum atomic E-state index is -0.496. The molecule has 0 saturated heterocycles. The fourth-order valence-electron chi connectivity index (χ4n) is 2.93. The van der Waals surface area contributed by atoms with Crippen molar-refractivity contribution in [3.05, 3.63) is 80.9 Å². The molecule has 1 heterocycles. The number of hydrogen-bond acceptors (Lipinski definition) is 4. The first-order valence-corrected chi connectivity index (χ1v) is 10.8. The average molecular weight is 488 g/mol. The molecule has 0 radical (unpaired) electrons. The van der Waals surface area contributed by atoms with Gasteiger partial charge >= 0.3 is 5.97 Å². The zero-order valence-electron chi connectivity index (χ0n) is 16.4. The highest BCUT2D eigenvalue weighted by Gasteiger charge is 2.25. The maximum atomic E-state index is 13.3. The van der Waals surface area contributed by atoms with Gasteiger partial charge in [0, 0.05) is 21.0 Å². The van der Waals surface area contributed by atoms with Gasteiger partial charge in [-0.15, -0.1) is 11.3 Å². The van der Waals surface area contributed by atoms with Gasteiger partial charge in [0.05, 0.1) is 6.61 Å². The predicted molar refractivity (Wildman–Crippen MR) is 122 cm³/mol. The van der Waals surface area contributed by atoms with Gasteiger partial charge in [0.2, 0.25) is 5.91 Å². The van der Waals surface area contributed by atoms with Gasteiger partial charge in [0.1, 0.15) is 16.4 Å². The van der Waals surface area contributed by atoms with E-state index < -0.39 is 11.9 Å². The molecular formula is C23H19BrFNO3S. The van der Waals surface area contributed by atoms with Crippen LogP contribution in [0.25, 0.3) is 17.2 Å². The lowest BCUT2D eigenvalue weighted by Gasteiger charge is -2.08. The molecule has 7 heteroatoms. The van der Waals surface area contributed by atoms with Crippen molar-refractivity contribution in [3.63, 3.8) is 0 Å². The Morgan fingerprint density at radius 3 is 2.60 bits per heavy atom. The molecule has 0 atom stereocenters. The summed E-state index contributed by atoms with van der Waals surface area (Å²) >= 11 is 4.72. The molecule has 0 aliphatic heterocycles. The first-order valence-electron chi connectivity index (χ1n) is 9.20. The van der Waals surface area contributed by atoms with Crippen molar-refractivity contribution < 1.29 is 18.7 Å². The third-order valence-electron chi connectivity index (χ3n) is 4.21. The maximum Gasteiger partial charge on any atom is 0.341 e. The summed E-state index contributed by atoms with van der Waals surface area (Å²) < 4.78 is 19.5. The number of aryl methyl sites for hydroxylation is 1. The Morgan fingerprint density at radius 1 is 1.20 bits per heavy atom. The van der Waals surface area contributed by atoms with E-state index in [1.807, 2.05) is 31.2 Å². The number of halogens is 2. The zero-order valence-corrected chi connectivity index (χ0v) is 18.8. The Balaban J connectivity index is 1.93. The lowest BCUT2D eigenvalue weighted by Crippen LogP contribution is -2.12. The second-order valence-corrected chi connectivity index (χ2v) is 8.48. The van der Waals surface area contributed by atoms with Crippen LogP contribution in [0.3, 0.4) is 0 Å². The van der Waals surface area contributed by atoms with Gasteiger partial charge in [-0.05, 0) is 55.3 Å². The molecule has 2 aromatic carbocycles. The Morgan fingerprint density at radius 2 is 1.93 bits per heavy atom. The number of anilines is 1. The average Bonchev–Trinajstić information content (AvgIpc) is 3.03. The summed E-state index contributed by atoms with van der Waals surface area (Å²) in [5.41, 5.74) is 2.48. The maximum absolute atomic E-state index is 13.3. The summed E-state index contributed by atoms with van der Waals surface area (Å²) in [6.45, 7) is 3.85. The van der Waals surface area contributed by atoms with Crippen molar-refractivity contribution >= 4 is 50.2 Å². The number of ether oxygens (including phenoxy) is 1. The van der Waals surface area contributed by atoms with E-state index in [1.165, 1.54) is 35.6 Å². The van der Waals surface area contributed by atoms with Crippen molar-refractivity contribution in [2.24, 2.45) is 0 Å². The van der Waals surface area contributed by atoms with E-state index in [9.17, 15) is 14.0 Å². The van der Waals surface area contributed by atoms with E-state index in [-0.39, 0.29) is 12.4 Å². The summed E-state index contributed by atoms with van der Waals surface area (Å²) in [5.74, 6) is -1.30. The molecule has 3 aromatic rings. The first-order chi connectivity index (χ1) is 14.4. The minimum absolute atomic E-state index is 0.223. The predicted octanol–water partition coefficient (Wildman–Crippen LogP) is 6.45. The van der Waals surface area contributed by atoms with Crippen LogP contribution < -0.4 is 5.32 Å². The van der Waals surface area contributed by atoms with Crippen LogP contribution in [0.1, 0.15) is 27.7 Å². The number of esters is 1.